The molecule has 1 fully saturated rings. The van der Waals surface area contributed by atoms with Crippen LogP contribution in [0.2, 0.25) is 0 Å². The fourth-order valence-corrected chi connectivity index (χ4v) is 2.48. The summed E-state index contributed by atoms with van der Waals surface area (Å²) in [4.78, 5) is 0. The molecule has 1 aromatic carbocycles. The van der Waals surface area contributed by atoms with Gasteiger partial charge in [0.25, 0.3) is 0 Å². The molecule has 0 aliphatic heterocycles. The molecule has 0 N–H and O–H groups in total. The van der Waals surface area contributed by atoms with E-state index in [1.807, 2.05) is 16.6 Å². The molecular weight excluding hydrogens is 215 g/mol. The van der Waals surface area contributed by atoms with Gasteiger partial charge in [0.1, 0.15) is 5.82 Å². The van der Waals surface area contributed by atoms with Crippen molar-refractivity contribution in [3.05, 3.63) is 48.0 Å². The molecule has 0 unspecified atom stereocenters. The van der Waals surface area contributed by atoms with Gasteiger partial charge in [-0.15, -0.1) is 0 Å². The number of hydrogen-bond acceptors (Lipinski definition) is 1. The van der Waals surface area contributed by atoms with Gasteiger partial charge in [0.05, 0.1) is 11.7 Å². The summed E-state index contributed by atoms with van der Waals surface area (Å²) in [5, 5.41) is 6.39. The van der Waals surface area contributed by atoms with Crippen LogP contribution in [-0.2, 0) is 0 Å². The number of fused-ring (bicyclic) bond motifs is 3. The van der Waals surface area contributed by atoms with Crippen LogP contribution in [0.25, 0.3) is 16.3 Å². The van der Waals surface area contributed by atoms with Gasteiger partial charge >= 0.3 is 0 Å². The van der Waals surface area contributed by atoms with Crippen molar-refractivity contribution in [2.75, 3.05) is 0 Å². The Labute approximate surface area is 97.7 Å². The van der Waals surface area contributed by atoms with Gasteiger partial charge in [-0.25, -0.2) is 8.91 Å². The zero-order chi connectivity index (χ0) is 11.4. The molecule has 0 radical (unpaired) electrons. The maximum absolute atomic E-state index is 13.3. The topological polar surface area (TPSA) is 17.3 Å². The molecule has 2 nitrogen and oxygen atoms in total. The minimum atomic E-state index is -0.195. The standard InChI is InChI=1S/C14H11FN2/c15-11-4-3-10-7-14(9-1-2-9)17-13(5-6-16-17)12(10)8-11/h3-9H,1-2H2. The molecule has 0 bridgehead atoms. The van der Waals surface area contributed by atoms with Gasteiger partial charge in [-0.05, 0) is 42.5 Å². The molecule has 0 saturated heterocycles. The van der Waals surface area contributed by atoms with Crippen LogP contribution in [0.15, 0.2) is 36.5 Å². The Morgan fingerprint density at radius 3 is 2.88 bits per heavy atom. The van der Waals surface area contributed by atoms with E-state index in [1.165, 1.54) is 24.6 Å². The number of pyridine rings is 1. The first kappa shape index (κ1) is 9.16. The van der Waals surface area contributed by atoms with Crippen LogP contribution in [-0.4, -0.2) is 9.61 Å². The van der Waals surface area contributed by atoms with E-state index in [-0.39, 0.29) is 5.82 Å². The summed E-state index contributed by atoms with van der Waals surface area (Å²) in [6.07, 6.45) is 4.26. The third-order valence-corrected chi connectivity index (χ3v) is 3.48. The van der Waals surface area contributed by atoms with Crippen LogP contribution in [0.3, 0.4) is 0 Å². The predicted molar refractivity (Wildman–Crippen MR) is 64.6 cm³/mol. The van der Waals surface area contributed by atoms with E-state index >= 15 is 0 Å². The molecule has 1 saturated carbocycles. The molecule has 17 heavy (non-hydrogen) atoms. The van der Waals surface area contributed by atoms with E-state index in [0.29, 0.717) is 5.92 Å². The van der Waals surface area contributed by atoms with Crippen LogP contribution >= 0.6 is 0 Å². The van der Waals surface area contributed by atoms with Gasteiger partial charge < -0.3 is 0 Å². The molecule has 3 heteroatoms. The molecular formula is C14H11FN2. The molecule has 0 spiro atoms. The summed E-state index contributed by atoms with van der Waals surface area (Å²) in [5.74, 6) is 0.437. The molecule has 0 amide bonds. The number of hydrogen-bond donors (Lipinski definition) is 0. The van der Waals surface area contributed by atoms with Gasteiger partial charge in [-0.3, -0.25) is 0 Å². The quantitative estimate of drug-likeness (QED) is 0.620. The molecule has 3 aromatic rings. The highest BCUT2D eigenvalue weighted by molar-refractivity contribution is 5.96. The summed E-state index contributed by atoms with van der Waals surface area (Å²) < 4.78 is 15.3. The highest BCUT2D eigenvalue weighted by Gasteiger charge is 2.27. The van der Waals surface area contributed by atoms with Crippen molar-refractivity contribution < 1.29 is 4.39 Å². The number of halogens is 1. The molecule has 1 aliphatic carbocycles. The lowest BCUT2D eigenvalue weighted by Gasteiger charge is -2.07. The normalized spacial score (nSPS) is 15.8. The number of rotatable bonds is 1. The van der Waals surface area contributed by atoms with E-state index in [0.717, 1.165) is 16.3 Å². The van der Waals surface area contributed by atoms with Crippen LogP contribution in [0.1, 0.15) is 24.5 Å². The Morgan fingerprint density at radius 2 is 2.06 bits per heavy atom. The minimum Gasteiger partial charge on any atom is -0.237 e. The lowest BCUT2D eigenvalue weighted by atomic mass is 10.1. The molecule has 1 aliphatic rings. The average Bonchev–Trinajstić information content (AvgIpc) is 3.05. The van der Waals surface area contributed by atoms with E-state index in [9.17, 15) is 4.39 Å². The second kappa shape index (κ2) is 3.06. The minimum absolute atomic E-state index is 0.195. The molecule has 0 atom stereocenters. The van der Waals surface area contributed by atoms with Crippen LogP contribution in [0.4, 0.5) is 4.39 Å². The Kier molecular flexibility index (Phi) is 1.65. The van der Waals surface area contributed by atoms with Crippen molar-refractivity contribution in [1.29, 1.82) is 0 Å². The predicted octanol–water partition coefficient (Wildman–Crippen LogP) is 3.50. The fourth-order valence-electron chi connectivity index (χ4n) is 2.48. The zero-order valence-corrected chi connectivity index (χ0v) is 9.23. The number of benzene rings is 1. The zero-order valence-electron chi connectivity index (χ0n) is 9.23. The highest BCUT2D eigenvalue weighted by Crippen LogP contribution is 2.41. The first-order chi connectivity index (χ1) is 8.33. The van der Waals surface area contributed by atoms with E-state index < -0.39 is 0 Å². The van der Waals surface area contributed by atoms with Gasteiger partial charge in [0.2, 0.25) is 0 Å². The maximum Gasteiger partial charge on any atom is 0.123 e. The second-order valence-corrected chi connectivity index (χ2v) is 4.70. The van der Waals surface area contributed by atoms with Gasteiger partial charge in [-0.2, -0.15) is 5.10 Å². The van der Waals surface area contributed by atoms with Crippen molar-refractivity contribution in [3.63, 3.8) is 0 Å². The first-order valence-electron chi connectivity index (χ1n) is 5.89. The molecule has 2 heterocycles. The van der Waals surface area contributed by atoms with Crippen molar-refractivity contribution in [2.24, 2.45) is 0 Å². The van der Waals surface area contributed by atoms with E-state index in [4.69, 9.17) is 0 Å². The third kappa shape index (κ3) is 1.28. The summed E-state index contributed by atoms with van der Waals surface area (Å²) in [6.45, 7) is 0. The van der Waals surface area contributed by atoms with Crippen molar-refractivity contribution >= 4 is 16.3 Å². The van der Waals surface area contributed by atoms with E-state index in [2.05, 4.69) is 11.2 Å². The van der Waals surface area contributed by atoms with Crippen LogP contribution < -0.4 is 0 Å². The molecule has 84 valence electrons. The number of nitrogens with zero attached hydrogens (tertiary/aromatic N) is 2. The van der Waals surface area contributed by atoms with Gasteiger partial charge in [0, 0.05) is 17.0 Å². The van der Waals surface area contributed by atoms with Crippen molar-refractivity contribution in [3.8, 4) is 0 Å². The Balaban J connectivity index is 2.19. The van der Waals surface area contributed by atoms with Crippen molar-refractivity contribution in [2.45, 2.75) is 18.8 Å². The Morgan fingerprint density at radius 1 is 1.18 bits per heavy atom. The van der Waals surface area contributed by atoms with Gasteiger partial charge in [0.15, 0.2) is 0 Å². The first-order valence-corrected chi connectivity index (χ1v) is 5.89. The highest BCUT2D eigenvalue weighted by atomic mass is 19.1. The van der Waals surface area contributed by atoms with Crippen LogP contribution in [0, 0.1) is 5.82 Å². The Hall–Kier alpha value is -1.90. The largest absolute Gasteiger partial charge is 0.237 e. The fraction of sp³-hybridized carbons (Fsp3) is 0.214. The van der Waals surface area contributed by atoms with Crippen molar-refractivity contribution in [1.82, 2.24) is 9.61 Å². The second-order valence-electron chi connectivity index (χ2n) is 4.70. The lowest BCUT2D eigenvalue weighted by Crippen LogP contribution is -1.97. The monoisotopic (exact) mass is 226 g/mol. The maximum atomic E-state index is 13.3. The molecule has 4 rings (SSSR count). The summed E-state index contributed by atoms with van der Waals surface area (Å²) in [6, 6.07) is 9.05. The van der Waals surface area contributed by atoms with Crippen LogP contribution in [0.5, 0.6) is 0 Å². The smallest absolute Gasteiger partial charge is 0.123 e. The molecule has 2 aromatic heterocycles. The Bertz CT molecular complexity index is 725. The lowest BCUT2D eigenvalue weighted by molar-refractivity contribution is 0.629. The summed E-state index contributed by atoms with van der Waals surface area (Å²) in [7, 11) is 0. The number of aromatic nitrogens is 2. The average molecular weight is 226 g/mol. The SMILES string of the molecule is Fc1ccc2cc(C3CC3)n3nccc3c2c1. The summed E-state index contributed by atoms with van der Waals surface area (Å²) >= 11 is 0. The van der Waals surface area contributed by atoms with E-state index in [1.54, 1.807) is 12.3 Å². The summed E-state index contributed by atoms with van der Waals surface area (Å²) in [5.41, 5.74) is 2.26. The third-order valence-electron chi connectivity index (χ3n) is 3.48. The van der Waals surface area contributed by atoms with Gasteiger partial charge in [-0.1, -0.05) is 6.07 Å².